The molecule has 9 nitrogen and oxygen atoms in total. The smallest absolute Gasteiger partial charge is 0.262 e. The molecule has 10 heteroatoms. The Kier molecular flexibility index (Phi) is 4.89. The second kappa shape index (κ2) is 7.25. The number of anilines is 1. The number of carbonyl (C=O) groups is 4. The third-order valence-corrected chi connectivity index (χ3v) is 7.56. The fourth-order valence-electron chi connectivity index (χ4n) is 4.16. The number of fused-ring (bicyclic) bond motifs is 1. The second-order valence-corrected chi connectivity index (χ2v) is 9.58. The van der Waals surface area contributed by atoms with Gasteiger partial charge in [-0.3, -0.25) is 34.1 Å². The van der Waals surface area contributed by atoms with Gasteiger partial charge in [0.15, 0.2) is 0 Å². The number of amides is 4. The summed E-state index contributed by atoms with van der Waals surface area (Å²) >= 11 is 0. The van der Waals surface area contributed by atoms with Crippen molar-refractivity contribution in [2.75, 3.05) is 4.72 Å². The molecule has 1 aliphatic carbocycles. The Bertz CT molecular complexity index is 1010. The minimum absolute atomic E-state index is 0.0379. The highest BCUT2D eigenvalue weighted by atomic mass is 32.2. The molecule has 1 atom stereocenters. The number of imide groups is 2. The Hall–Kier alpha value is -2.75. The average molecular weight is 419 g/mol. The van der Waals surface area contributed by atoms with Gasteiger partial charge < -0.3 is 0 Å². The third kappa shape index (κ3) is 3.52. The highest BCUT2D eigenvalue weighted by molar-refractivity contribution is 7.93. The number of nitrogens with one attached hydrogen (secondary N) is 2. The van der Waals surface area contributed by atoms with Crippen LogP contribution in [0, 0.1) is 0 Å². The molecule has 1 unspecified atom stereocenters. The lowest BCUT2D eigenvalue weighted by Crippen LogP contribution is -2.54. The lowest BCUT2D eigenvalue weighted by Gasteiger charge is -2.27. The molecule has 1 aromatic rings. The highest BCUT2D eigenvalue weighted by Gasteiger charge is 2.44. The zero-order valence-electron chi connectivity index (χ0n) is 15.6. The van der Waals surface area contributed by atoms with Crippen LogP contribution < -0.4 is 10.0 Å². The SMILES string of the molecule is O=C1CCC(N2C(=O)c3ccc(NS(=O)(=O)C4CCCCC4)cc3C2=O)C(=O)N1. The summed E-state index contributed by atoms with van der Waals surface area (Å²) in [7, 11) is -3.60. The molecule has 0 aromatic heterocycles. The molecule has 0 spiro atoms. The van der Waals surface area contributed by atoms with Crippen molar-refractivity contribution in [1.82, 2.24) is 10.2 Å². The molecule has 1 saturated heterocycles. The summed E-state index contributed by atoms with van der Waals surface area (Å²) in [5.74, 6) is -2.42. The fourth-order valence-corrected chi connectivity index (χ4v) is 5.73. The van der Waals surface area contributed by atoms with Crippen LogP contribution in [0.15, 0.2) is 18.2 Å². The molecule has 2 aliphatic heterocycles. The highest BCUT2D eigenvalue weighted by Crippen LogP contribution is 2.31. The van der Waals surface area contributed by atoms with E-state index in [1.165, 1.54) is 18.2 Å². The Morgan fingerprint density at radius 1 is 0.931 bits per heavy atom. The van der Waals surface area contributed by atoms with Crippen molar-refractivity contribution in [3.8, 4) is 0 Å². The molecule has 29 heavy (non-hydrogen) atoms. The van der Waals surface area contributed by atoms with E-state index in [2.05, 4.69) is 10.0 Å². The zero-order valence-corrected chi connectivity index (χ0v) is 16.5. The minimum atomic E-state index is -3.60. The number of nitrogens with zero attached hydrogens (tertiary/aromatic N) is 1. The van der Waals surface area contributed by atoms with Crippen molar-refractivity contribution in [2.45, 2.75) is 56.2 Å². The Labute approximate surface area is 167 Å². The standard InChI is InChI=1S/C19H21N3O6S/c23-16-9-8-15(17(24)20-16)22-18(25)13-7-6-11(10-14(13)19(22)26)21-29(27,28)12-4-2-1-3-5-12/h6-7,10,12,15,21H,1-5,8-9H2,(H,20,23,24). The predicted octanol–water partition coefficient (Wildman–Crippen LogP) is 1.16. The van der Waals surface area contributed by atoms with E-state index < -0.39 is 44.9 Å². The number of sulfonamides is 1. The number of carbonyl (C=O) groups excluding carboxylic acids is 4. The number of hydrogen-bond donors (Lipinski definition) is 2. The van der Waals surface area contributed by atoms with E-state index in [4.69, 9.17) is 0 Å². The van der Waals surface area contributed by atoms with Crippen LogP contribution in [0.3, 0.4) is 0 Å². The zero-order chi connectivity index (χ0) is 20.8. The van der Waals surface area contributed by atoms with Crippen molar-refractivity contribution in [2.24, 2.45) is 0 Å². The van der Waals surface area contributed by atoms with Crippen LogP contribution in [0.4, 0.5) is 5.69 Å². The van der Waals surface area contributed by atoms with Gasteiger partial charge in [-0.15, -0.1) is 0 Å². The van der Waals surface area contributed by atoms with Crippen LogP contribution in [-0.4, -0.2) is 48.2 Å². The van der Waals surface area contributed by atoms with Crippen molar-refractivity contribution >= 4 is 39.3 Å². The summed E-state index contributed by atoms with van der Waals surface area (Å²) in [4.78, 5) is 49.8. The van der Waals surface area contributed by atoms with Gasteiger partial charge in [-0.2, -0.15) is 0 Å². The maximum Gasteiger partial charge on any atom is 0.262 e. The molecule has 154 valence electrons. The fraction of sp³-hybridized carbons (Fsp3) is 0.474. The van der Waals surface area contributed by atoms with E-state index in [0.29, 0.717) is 12.8 Å². The number of rotatable bonds is 4. The number of benzene rings is 1. The van der Waals surface area contributed by atoms with Gasteiger partial charge in [-0.05, 0) is 37.5 Å². The predicted molar refractivity (Wildman–Crippen MR) is 103 cm³/mol. The van der Waals surface area contributed by atoms with Crippen LogP contribution in [0.2, 0.25) is 0 Å². The van der Waals surface area contributed by atoms with Gasteiger partial charge in [0.05, 0.1) is 16.4 Å². The molecule has 0 radical (unpaired) electrons. The molecule has 3 aliphatic rings. The van der Waals surface area contributed by atoms with Gasteiger partial charge in [-0.25, -0.2) is 8.42 Å². The van der Waals surface area contributed by atoms with Crippen molar-refractivity contribution in [1.29, 1.82) is 0 Å². The lowest BCUT2D eigenvalue weighted by molar-refractivity contribution is -0.136. The molecule has 2 N–H and O–H groups in total. The maximum atomic E-state index is 12.8. The topological polar surface area (TPSA) is 130 Å². The van der Waals surface area contributed by atoms with Crippen LogP contribution in [-0.2, 0) is 19.6 Å². The van der Waals surface area contributed by atoms with Gasteiger partial charge >= 0.3 is 0 Å². The number of piperidine rings is 1. The Morgan fingerprint density at radius 2 is 1.62 bits per heavy atom. The largest absolute Gasteiger partial charge is 0.295 e. The first-order valence-electron chi connectivity index (χ1n) is 9.65. The molecule has 1 saturated carbocycles. The van der Waals surface area contributed by atoms with Gasteiger partial charge in [0.25, 0.3) is 11.8 Å². The molecule has 2 fully saturated rings. The minimum Gasteiger partial charge on any atom is -0.295 e. The van der Waals surface area contributed by atoms with Crippen LogP contribution in [0.1, 0.15) is 65.7 Å². The molecule has 2 heterocycles. The van der Waals surface area contributed by atoms with Crippen LogP contribution in [0.5, 0.6) is 0 Å². The first kappa shape index (κ1) is 19.6. The van der Waals surface area contributed by atoms with Crippen molar-refractivity contribution in [3.05, 3.63) is 29.3 Å². The summed E-state index contributed by atoms with van der Waals surface area (Å²) in [6, 6.07) is 3.11. The molecular weight excluding hydrogens is 398 g/mol. The summed E-state index contributed by atoms with van der Waals surface area (Å²) < 4.78 is 27.8. The average Bonchev–Trinajstić information content (AvgIpc) is 2.93. The van der Waals surface area contributed by atoms with Gasteiger partial charge in [-0.1, -0.05) is 19.3 Å². The van der Waals surface area contributed by atoms with Gasteiger partial charge in [0.1, 0.15) is 6.04 Å². The van der Waals surface area contributed by atoms with Crippen LogP contribution in [0.25, 0.3) is 0 Å². The van der Waals surface area contributed by atoms with E-state index in [1.54, 1.807) is 0 Å². The lowest BCUT2D eigenvalue weighted by atomic mass is 10.0. The van der Waals surface area contributed by atoms with E-state index in [-0.39, 0.29) is 29.7 Å². The molecule has 4 rings (SSSR count). The first-order chi connectivity index (χ1) is 13.8. The van der Waals surface area contributed by atoms with Crippen molar-refractivity contribution in [3.63, 3.8) is 0 Å². The Morgan fingerprint density at radius 3 is 2.31 bits per heavy atom. The summed E-state index contributed by atoms with van der Waals surface area (Å²) in [5, 5.41) is 1.67. The first-order valence-corrected chi connectivity index (χ1v) is 11.2. The number of hydrogen-bond acceptors (Lipinski definition) is 6. The Balaban J connectivity index is 1.57. The van der Waals surface area contributed by atoms with Crippen molar-refractivity contribution < 1.29 is 27.6 Å². The summed E-state index contributed by atoms with van der Waals surface area (Å²) in [6.07, 6.45) is 4.06. The summed E-state index contributed by atoms with van der Waals surface area (Å²) in [6.45, 7) is 0. The maximum absolute atomic E-state index is 12.8. The van der Waals surface area contributed by atoms with Gasteiger partial charge in [0, 0.05) is 12.1 Å². The van der Waals surface area contributed by atoms with Gasteiger partial charge in [0.2, 0.25) is 21.8 Å². The van der Waals surface area contributed by atoms with E-state index in [9.17, 15) is 27.6 Å². The quantitative estimate of drug-likeness (QED) is 0.705. The van der Waals surface area contributed by atoms with E-state index >= 15 is 0 Å². The van der Waals surface area contributed by atoms with E-state index in [1.807, 2.05) is 0 Å². The summed E-state index contributed by atoms with van der Waals surface area (Å²) in [5.41, 5.74) is 0.365. The molecule has 1 aromatic carbocycles. The second-order valence-electron chi connectivity index (χ2n) is 7.61. The normalized spacial score (nSPS) is 23.2. The molecule has 0 bridgehead atoms. The monoisotopic (exact) mass is 419 g/mol. The van der Waals surface area contributed by atoms with E-state index in [0.717, 1.165) is 24.2 Å². The molecule has 4 amide bonds. The third-order valence-electron chi connectivity index (χ3n) is 5.69. The molecular formula is C19H21N3O6S. The van der Waals surface area contributed by atoms with Crippen LogP contribution >= 0.6 is 0 Å².